The molecule has 0 fully saturated rings. The van der Waals surface area contributed by atoms with E-state index in [1.54, 1.807) is 0 Å². The zero-order chi connectivity index (χ0) is 11.1. The summed E-state index contributed by atoms with van der Waals surface area (Å²) in [5.41, 5.74) is 6.61. The van der Waals surface area contributed by atoms with Crippen molar-refractivity contribution in [3.8, 4) is 0 Å². The Balaban J connectivity index is 2.10. The molecule has 2 aromatic rings. The summed E-state index contributed by atoms with van der Waals surface area (Å²) in [4.78, 5) is 4.28. The Bertz CT molecular complexity index is 512. The topological polar surface area (TPSA) is 37.0 Å². The maximum Gasteiger partial charge on any atom is 0.0810 e. The van der Waals surface area contributed by atoms with Gasteiger partial charge in [-0.2, -0.15) is 0 Å². The van der Waals surface area contributed by atoms with E-state index in [-0.39, 0.29) is 0 Å². The molecule has 0 bridgehead atoms. The average Bonchev–Trinajstić information content (AvgIpc) is 2.26. The first-order chi connectivity index (χ1) is 7.72. The van der Waals surface area contributed by atoms with Crippen LogP contribution in [0.15, 0.2) is 30.5 Å². The zero-order valence-corrected chi connectivity index (χ0v) is 9.33. The minimum Gasteiger partial charge on any atom is -0.352 e. The van der Waals surface area contributed by atoms with Crippen molar-refractivity contribution < 1.29 is 0 Å². The average molecular weight is 211 g/mol. The third-order valence-electron chi connectivity index (χ3n) is 2.75. The molecule has 0 amide bonds. The Morgan fingerprint density at radius 3 is 2.50 bits per heavy atom. The van der Waals surface area contributed by atoms with E-state index in [1.165, 1.54) is 5.56 Å². The molecule has 0 radical (unpaired) electrons. The van der Waals surface area contributed by atoms with Crippen LogP contribution < -0.4 is 10.6 Å². The van der Waals surface area contributed by atoms with Crippen molar-refractivity contribution in [1.29, 1.82) is 0 Å². The Labute approximate surface area is 94.5 Å². The number of nitrogens with zero attached hydrogens (tertiary/aromatic N) is 1. The van der Waals surface area contributed by atoms with Crippen LogP contribution in [0.25, 0.3) is 0 Å². The number of fused-ring (bicyclic) bond motifs is 2. The molecular weight excluding hydrogens is 198 g/mol. The molecule has 0 atom stereocenters. The van der Waals surface area contributed by atoms with Crippen molar-refractivity contribution in [3.05, 3.63) is 41.7 Å². The van der Waals surface area contributed by atoms with Gasteiger partial charge in [-0.15, -0.1) is 0 Å². The van der Waals surface area contributed by atoms with E-state index in [4.69, 9.17) is 0 Å². The van der Waals surface area contributed by atoms with Crippen molar-refractivity contribution >= 4 is 22.7 Å². The van der Waals surface area contributed by atoms with E-state index < -0.39 is 0 Å². The lowest BCUT2D eigenvalue weighted by Gasteiger charge is -2.23. The minimum absolute atomic E-state index is 1.02. The van der Waals surface area contributed by atoms with E-state index in [9.17, 15) is 0 Å². The summed E-state index contributed by atoms with van der Waals surface area (Å²) in [5.74, 6) is 0. The first-order valence-electron chi connectivity index (χ1n) is 5.34. The highest BCUT2D eigenvalue weighted by Crippen LogP contribution is 2.38. The van der Waals surface area contributed by atoms with Crippen LogP contribution in [-0.2, 0) is 0 Å². The summed E-state index contributed by atoms with van der Waals surface area (Å²) in [5, 5.41) is 6.79. The van der Waals surface area contributed by atoms with Crippen LogP contribution in [0.4, 0.5) is 22.7 Å². The fourth-order valence-corrected chi connectivity index (χ4v) is 1.92. The SMILES string of the molecule is Cc1ccc2c(c1)Nc1cc(C)ncc1N2. The number of benzene rings is 1. The lowest BCUT2D eigenvalue weighted by atomic mass is 10.1. The molecule has 3 nitrogen and oxygen atoms in total. The van der Waals surface area contributed by atoms with E-state index in [0.29, 0.717) is 0 Å². The summed E-state index contributed by atoms with van der Waals surface area (Å²) in [7, 11) is 0. The number of aryl methyl sites for hydroxylation is 2. The number of anilines is 4. The van der Waals surface area contributed by atoms with Gasteiger partial charge in [-0.05, 0) is 37.6 Å². The molecule has 0 saturated heterocycles. The molecule has 3 heteroatoms. The maximum absolute atomic E-state index is 4.28. The first kappa shape index (κ1) is 9.21. The molecule has 0 aliphatic carbocycles. The first-order valence-corrected chi connectivity index (χ1v) is 5.34. The monoisotopic (exact) mass is 211 g/mol. The van der Waals surface area contributed by atoms with Gasteiger partial charge in [0.15, 0.2) is 0 Å². The van der Waals surface area contributed by atoms with Crippen LogP contribution in [0.5, 0.6) is 0 Å². The normalized spacial score (nSPS) is 12.1. The highest BCUT2D eigenvalue weighted by Gasteiger charge is 2.14. The number of hydrogen-bond acceptors (Lipinski definition) is 3. The molecule has 0 unspecified atom stereocenters. The lowest BCUT2D eigenvalue weighted by Crippen LogP contribution is -2.07. The highest BCUT2D eigenvalue weighted by atomic mass is 15.0. The Hall–Kier alpha value is -2.03. The molecule has 80 valence electrons. The van der Waals surface area contributed by atoms with Crippen molar-refractivity contribution in [2.75, 3.05) is 10.6 Å². The summed E-state index contributed by atoms with van der Waals surface area (Å²) in [6.07, 6.45) is 1.86. The van der Waals surface area contributed by atoms with Gasteiger partial charge in [0.2, 0.25) is 0 Å². The van der Waals surface area contributed by atoms with Gasteiger partial charge >= 0.3 is 0 Å². The summed E-state index contributed by atoms with van der Waals surface area (Å²) in [6, 6.07) is 8.37. The summed E-state index contributed by atoms with van der Waals surface area (Å²) >= 11 is 0. The molecule has 1 aromatic carbocycles. The van der Waals surface area contributed by atoms with Crippen LogP contribution >= 0.6 is 0 Å². The Morgan fingerprint density at radius 2 is 1.62 bits per heavy atom. The lowest BCUT2D eigenvalue weighted by molar-refractivity contribution is 1.19. The van der Waals surface area contributed by atoms with Crippen LogP contribution in [0.1, 0.15) is 11.3 Å². The van der Waals surface area contributed by atoms with Gasteiger partial charge < -0.3 is 10.6 Å². The molecule has 1 aliphatic heterocycles. The van der Waals surface area contributed by atoms with Crippen LogP contribution in [0, 0.1) is 13.8 Å². The van der Waals surface area contributed by atoms with E-state index in [0.717, 1.165) is 28.4 Å². The predicted octanol–water partition coefficient (Wildman–Crippen LogP) is 3.50. The second kappa shape index (κ2) is 3.23. The van der Waals surface area contributed by atoms with Crippen molar-refractivity contribution in [2.24, 2.45) is 0 Å². The standard InChI is InChI=1S/C13H13N3/c1-8-3-4-10-11(5-8)16-12-6-9(2)14-7-13(12)15-10/h3-7,15-16H,1-2H3. The van der Waals surface area contributed by atoms with E-state index >= 15 is 0 Å². The van der Waals surface area contributed by atoms with E-state index in [2.05, 4.69) is 40.7 Å². The highest BCUT2D eigenvalue weighted by molar-refractivity contribution is 5.90. The molecule has 3 rings (SSSR count). The third kappa shape index (κ3) is 1.41. The molecule has 16 heavy (non-hydrogen) atoms. The quantitative estimate of drug-likeness (QED) is 0.597. The Morgan fingerprint density at radius 1 is 0.875 bits per heavy atom. The van der Waals surface area contributed by atoms with Gasteiger partial charge in [0.05, 0.1) is 28.9 Å². The van der Waals surface area contributed by atoms with E-state index in [1.807, 2.05) is 19.2 Å². The van der Waals surface area contributed by atoms with Crippen molar-refractivity contribution in [3.63, 3.8) is 0 Å². The number of hydrogen-bond donors (Lipinski definition) is 2. The summed E-state index contributed by atoms with van der Waals surface area (Å²) in [6.45, 7) is 4.09. The molecule has 0 spiro atoms. The number of rotatable bonds is 0. The maximum atomic E-state index is 4.28. The van der Waals surface area contributed by atoms with Crippen molar-refractivity contribution in [1.82, 2.24) is 4.98 Å². The van der Waals surface area contributed by atoms with Crippen LogP contribution in [-0.4, -0.2) is 4.98 Å². The molecule has 2 N–H and O–H groups in total. The molecule has 1 aliphatic rings. The number of nitrogens with one attached hydrogen (secondary N) is 2. The number of pyridine rings is 1. The largest absolute Gasteiger partial charge is 0.352 e. The van der Waals surface area contributed by atoms with Gasteiger partial charge in [0.25, 0.3) is 0 Å². The molecular formula is C13H13N3. The second-order valence-electron chi connectivity index (χ2n) is 4.17. The predicted molar refractivity (Wildman–Crippen MR) is 66.7 cm³/mol. The Kier molecular flexibility index (Phi) is 1.86. The molecule has 2 heterocycles. The number of aromatic nitrogens is 1. The van der Waals surface area contributed by atoms with Gasteiger partial charge in [0.1, 0.15) is 0 Å². The van der Waals surface area contributed by atoms with Gasteiger partial charge in [0, 0.05) is 5.69 Å². The van der Waals surface area contributed by atoms with Gasteiger partial charge in [-0.3, -0.25) is 4.98 Å². The van der Waals surface area contributed by atoms with Crippen LogP contribution in [0.3, 0.4) is 0 Å². The summed E-state index contributed by atoms with van der Waals surface area (Å²) < 4.78 is 0. The van der Waals surface area contributed by atoms with Gasteiger partial charge in [-0.1, -0.05) is 6.07 Å². The smallest absolute Gasteiger partial charge is 0.0810 e. The fraction of sp³-hybridized carbons (Fsp3) is 0.154. The van der Waals surface area contributed by atoms with Gasteiger partial charge in [-0.25, -0.2) is 0 Å². The second-order valence-corrected chi connectivity index (χ2v) is 4.17. The van der Waals surface area contributed by atoms with Crippen molar-refractivity contribution in [2.45, 2.75) is 13.8 Å². The molecule has 1 aromatic heterocycles. The van der Waals surface area contributed by atoms with Crippen LogP contribution in [0.2, 0.25) is 0 Å². The molecule has 0 saturated carbocycles. The fourth-order valence-electron chi connectivity index (χ4n) is 1.92. The third-order valence-corrected chi connectivity index (χ3v) is 2.75. The minimum atomic E-state index is 1.02. The zero-order valence-electron chi connectivity index (χ0n) is 9.33.